The number of hydrogen-bond donors (Lipinski definition) is 2. The number of esters is 2. The molecule has 0 saturated carbocycles. The molecule has 0 unspecified atom stereocenters. The van der Waals surface area contributed by atoms with Gasteiger partial charge >= 0.3 is 11.9 Å². The summed E-state index contributed by atoms with van der Waals surface area (Å²) in [4.78, 5) is 51.0. The van der Waals surface area contributed by atoms with Crippen molar-refractivity contribution in [3.8, 4) is 5.75 Å². The fourth-order valence-corrected chi connectivity index (χ4v) is 3.51. The zero-order valence-corrected chi connectivity index (χ0v) is 19.3. The van der Waals surface area contributed by atoms with E-state index >= 15 is 0 Å². The van der Waals surface area contributed by atoms with E-state index in [9.17, 15) is 24.5 Å². The Balaban J connectivity index is 2.10. The average Bonchev–Trinajstić information content (AvgIpc) is 2.81. The molecule has 12 heteroatoms. The highest BCUT2D eigenvalue weighted by Gasteiger charge is 2.37. The molecule has 1 aromatic carbocycles. The first-order chi connectivity index (χ1) is 16.2. The van der Waals surface area contributed by atoms with Crippen molar-refractivity contribution in [2.45, 2.75) is 26.2 Å². The Labute approximate surface area is 196 Å². The first-order valence-corrected chi connectivity index (χ1v) is 10.3. The maximum atomic E-state index is 12.5. The molecular formula is C22H27N3O9. The van der Waals surface area contributed by atoms with E-state index in [-0.39, 0.29) is 32.1 Å². The maximum absolute atomic E-state index is 12.5. The number of dihydropyridines is 1. The van der Waals surface area contributed by atoms with Crippen molar-refractivity contribution in [1.29, 1.82) is 0 Å². The summed E-state index contributed by atoms with van der Waals surface area (Å²) in [5.41, 5.74) is 2.37. The number of carbonyl (C=O) groups is 3. The molecule has 2 N–H and O–H groups in total. The fourth-order valence-electron chi connectivity index (χ4n) is 3.51. The molecule has 0 spiro atoms. The summed E-state index contributed by atoms with van der Waals surface area (Å²) in [6, 6.07) is 6.75. The Bertz CT molecular complexity index is 961. The van der Waals surface area contributed by atoms with Crippen LogP contribution in [0.15, 0.2) is 46.8 Å². The summed E-state index contributed by atoms with van der Waals surface area (Å²) < 4.78 is 15.5. The number of amides is 1. The first kappa shape index (κ1) is 26.2. The second-order valence-corrected chi connectivity index (χ2v) is 7.19. The predicted octanol–water partition coefficient (Wildman–Crippen LogP) is 1.36. The van der Waals surface area contributed by atoms with Crippen molar-refractivity contribution in [3.05, 3.63) is 62.5 Å². The van der Waals surface area contributed by atoms with Gasteiger partial charge in [0.15, 0.2) is 0 Å². The average molecular weight is 477 g/mol. The van der Waals surface area contributed by atoms with E-state index in [4.69, 9.17) is 14.2 Å². The number of allylic oxidation sites excluding steroid dienone is 2. The van der Waals surface area contributed by atoms with Crippen molar-refractivity contribution < 1.29 is 38.5 Å². The third-order valence-electron chi connectivity index (χ3n) is 5.00. The largest absolute Gasteiger partial charge is 0.493 e. The van der Waals surface area contributed by atoms with Gasteiger partial charge in [0.2, 0.25) is 5.91 Å². The summed E-state index contributed by atoms with van der Waals surface area (Å²) in [7, 11) is 2.54. The lowest BCUT2D eigenvalue weighted by Gasteiger charge is -2.30. The molecule has 1 aliphatic heterocycles. The molecule has 1 aromatic rings. The molecule has 2 rings (SSSR count). The van der Waals surface area contributed by atoms with Crippen LogP contribution in [0.25, 0.3) is 0 Å². The zero-order chi connectivity index (χ0) is 25.3. The van der Waals surface area contributed by atoms with E-state index in [1.54, 1.807) is 38.1 Å². The van der Waals surface area contributed by atoms with Gasteiger partial charge in [-0.25, -0.2) is 9.59 Å². The van der Waals surface area contributed by atoms with Gasteiger partial charge < -0.3 is 29.7 Å². The SMILES string of the molecule is COC(=O)C1=C(C)NC(C)=C(C(=O)OC)C1c1ccc(OCCC(=O)NCCO[N+](=O)[O-])cc1. The molecule has 1 heterocycles. The lowest BCUT2D eigenvalue weighted by Crippen LogP contribution is -2.32. The zero-order valence-electron chi connectivity index (χ0n) is 19.3. The monoisotopic (exact) mass is 477 g/mol. The Morgan fingerprint density at radius 3 is 2.06 bits per heavy atom. The number of rotatable bonds is 11. The van der Waals surface area contributed by atoms with E-state index < -0.39 is 22.9 Å². The van der Waals surface area contributed by atoms with Gasteiger partial charge in [0, 0.05) is 17.9 Å². The van der Waals surface area contributed by atoms with E-state index in [0.29, 0.717) is 33.9 Å². The van der Waals surface area contributed by atoms with E-state index in [1.165, 1.54) is 14.2 Å². The molecule has 0 saturated heterocycles. The molecule has 34 heavy (non-hydrogen) atoms. The standard InChI is InChI=1S/C22H27N3O9/c1-13-18(21(27)31-3)20(19(14(2)24-13)22(28)32-4)15-5-7-16(8-6-15)33-11-9-17(26)23-10-12-34-25(29)30/h5-8,20,24H,9-12H2,1-4H3,(H,23,26). The van der Waals surface area contributed by atoms with Crippen LogP contribution >= 0.6 is 0 Å². The molecule has 184 valence electrons. The normalized spacial score (nSPS) is 13.6. The summed E-state index contributed by atoms with van der Waals surface area (Å²) >= 11 is 0. The van der Waals surface area contributed by atoms with Crippen molar-refractivity contribution >= 4 is 17.8 Å². The van der Waals surface area contributed by atoms with Crippen LogP contribution in [0.4, 0.5) is 0 Å². The van der Waals surface area contributed by atoms with Crippen molar-refractivity contribution in [2.75, 3.05) is 34.0 Å². The molecule has 0 radical (unpaired) electrons. The number of benzene rings is 1. The van der Waals surface area contributed by atoms with Gasteiger partial charge in [-0.1, -0.05) is 12.1 Å². The number of nitrogens with one attached hydrogen (secondary N) is 2. The Hall–Kier alpha value is -4.09. The molecule has 1 aliphatic rings. The number of nitrogens with zero attached hydrogens (tertiary/aromatic N) is 1. The predicted molar refractivity (Wildman–Crippen MR) is 118 cm³/mol. The molecule has 0 aliphatic carbocycles. The van der Waals surface area contributed by atoms with Gasteiger partial charge in [0.25, 0.3) is 5.09 Å². The van der Waals surface area contributed by atoms with Crippen LogP contribution in [-0.2, 0) is 28.7 Å². The highest BCUT2D eigenvalue weighted by atomic mass is 16.9. The van der Waals surface area contributed by atoms with Gasteiger partial charge in [0.1, 0.15) is 12.4 Å². The number of methoxy groups -OCH3 is 2. The van der Waals surface area contributed by atoms with E-state index in [2.05, 4.69) is 15.5 Å². The number of carbonyl (C=O) groups excluding carboxylic acids is 3. The minimum absolute atomic E-state index is 0.00960. The van der Waals surface area contributed by atoms with Crippen LogP contribution < -0.4 is 15.4 Å². The Kier molecular flexibility index (Phi) is 9.41. The topological polar surface area (TPSA) is 155 Å². The van der Waals surface area contributed by atoms with Crippen LogP contribution in [0.2, 0.25) is 0 Å². The van der Waals surface area contributed by atoms with Crippen LogP contribution in [0.5, 0.6) is 5.75 Å². The quantitative estimate of drug-likeness (QED) is 0.206. The maximum Gasteiger partial charge on any atom is 0.336 e. The van der Waals surface area contributed by atoms with Gasteiger partial charge in [-0.3, -0.25) is 4.79 Å². The van der Waals surface area contributed by atoms with Gasteiger partial charge in [-0.2, -0.15) is 0 Å². The summed E-state index contributed by atoms with van der Waals surface area (Å²) in [5, 5.41) is 14.6. The van der Waals surface area contributed by atoms with Crippen molar-refractivity contribution in [3.63, 3.8) is 0 Å². The molecule has 0 bridgehead atoms. The van der Waals surface area contributed by atoms with Gasteiger partial charge in [-0.05, 0) is 31.5 Å². The molecule has 1 amide bonds. The van der Waals surface area contributed by atoms with Crippen LogP contribution in [0, 0.1) is 10.1 Å². The lowest BCUT2D eigenvalue weighted by atomic mass is 9.80. The molecule has 12 nitrogen and oxygen atoms in total. The smallest absolute Gasteiger partial charge is 0.336 e. The minimum atomic E-state index is -0.931. The number of ether oxygens (including phenoxy) is 3. The second kappa shape index (κ2) is 12.2. The fraction of sp³-hybridized carbons (Fsp3) is 0.409. The molecule has 0 fully saturated rings. The number of hydrogen-bond acceptors (Lipinski definition) is 10. The molecule has 0 atom stereocenters. The Morgan fingerprint density at radius 2 is 1.56 bits per heavy atom. The van der Waals surface area contributed by atoms with E-state index in [0.717, 1.165) is 0 Å². The Morgan fingerprint density at radius 1 is 1.00 bits per heavy atom. The van der Waals surface area contributed by atoms with Gasteiger partial charge in [0.05, 0.1) is 44.3 Å². The van der Waals surface area contributed by atoms with Crippen molar-refractivity contribution in [2.24, 2.45) is 0 Å². The van der Waals surface area contributed by atoms with Crippen LogP contribution in [-0.4, -0.2) is 56.9 Å². The molecular weight excluding hydrogens is 450 g/mol. The summed E-state index contributed by atoms with van der Waals surface area (Å²) in [5.74, 6) is -1.71. The van der Waals surface area contributed by atoms with Gasteiger partial charge in [-0.15, -0.1) is 10.1 Å². The third-order valence-corrected chi connectivity index (χ3v) is 5.00. The summed E-state index contributed by atoms with van der Waals surface area (Å²) in [6.45, 7) is 3.30. The third kappa shape index (κ3) is 6.70. The highest BCUT2D eigenvalue weighted by molar-refractivity contribution is 5.99. The van der Waals surface area contributed by atoms with Crippen LogP contribution in [0.1, 0.15) is 31.7 Å². The highest BCUT2D eigenvalue weighted by Crippen LogP contribution is 2.39. The first-order valence-electron chi connectivity index (χ1n) is 10.3. The minimum Gasteiger partial charge on any atom is -0.493 e. The van der Waals surface area contributed by atoms with Crippen molar-refractivity contribution in [1.82, 2.24) is 10.6 Å². The van der Waals surface area contributed by atoms with E-state index in [1.807, 2.05) is 0 Å². The molecule has 0 aromatic heterocycles. The lowest BCUT2D eigenvalue weighted by molar-refractivity contribution is -0.757. The second-order valence-electron chi connectivity index (χ2n) is 7.19. The summed E-state index contributed by atoms with van der Waals surface area (Å²) in [6.07, 6.45) is 0.0390. The van der Waals surface area contributed by atoms with Crippen LogP contribution in [0.3, 0.4) is 0 Å².